The Morgan fingerprint density at radius 2 is 1.81 bits per heavy atom. The highest BCUT2D eigenvalue weighted by Crippen LogP contribution is 2.32. The van der Waals surface area contributed by atoms with Crippen LogP contribution in [0.3, 0.4) is 0 Å². The predicted octanol–water partition coefficient (Wildman–Crippen LogP) is 7.07. The average molecular weight is 551 g/mol. The number of amides is 1. The third kappa shape index (κ3) is 7.19. The molecule has 192 valence electrons. The number of aromatic nitrogens is 1. The Morgan fingerprint density at radius 3 is 2.47 bits per heavy atom. The van der Waals surface area contributed by atoms with E-state index in [9.17, 15) is 9.18 Å². The van der Waals surface area contributed by atoms with E-state index >= 15 is 0 Å². The third-order valence-corrected chi connectivity index (χ3v) is 7.62. The van der Waals surface area contributed by atoms with Crippen molar-refractivity contribution in [1.29, 1.82) is 0 Å². The average Bonchev–Trinajstić information content (AvgIpc) is 2.89. The molecule has 8 heteroatoms. The summed E-state index contributed by atoms with van der Waals surface area (Å²) in [6, 6.07) is 18.7. The molecule has 2 aromatic carbocycles. The minimum Gasteiger partial charge on any atom is -0.341 e. The molecule has 0 spiro atoms. The van der Waals surface area contributed by atoms with Crippen molar-refractivity contribution >= 4 is 41.5 Å². The van der Waals surface area contributed by atoms with Gasteiger partial charge in [0.05, 0.1) is 10.0 Å². The first kappa shape index (κ1) is 28.4. The first-order chi connectivity index (χ1) is 16.9. The summed E-state index contributed by atoms with van der Waals surface area (Å²) in [7, 11) is 1.84. The Labute approximate surface area is 228 Å². The maximum atomic E-state index is 14.1. The second-order valence-electron chi connectivity index (χ2n) is 9.21. The van der Waals surface area contributed by atoms with Crippen molar-refractivity contribution in [3.63, 3.8) is 0 Å². The molecule has 0 aliphatic carbocycles. The highest BCUT2D eigenvalue weighted by Gasteiger charge is 2.25. The van der Waals surface area contributed by atoms with Crippen LogP contribution < -0.4 is 0 Å². The van der Waals surface area contributed by atoms with E-state index in [0.29, 0.717) is 22.2 Å². The van der Waals surface area contributed by atoms with Crippen LogP contribution in [-0.4, -0.2) is 53.9 Å². The molecular weight excluding hydrogens is 520 g/mol. The molecule has 1 unspecified atom stereocenters. The number of likely N-dealkylation sites (tertiary alicyclic amines) is 1. The summed E-state index contributed by atoms with van der Waals surface area (Å²) >= 11 is 12.5. The van der Waals surface area contributed by atoms with Gasteiger partial charge in [0, 0.05) is 36.8 Å². The molecule has 1 fully saturated rings. The van der Waals surface area contributed by atoms with Crippen molar-refractivity contribution in [3.8, 4) is 0 Å². The largest absolute Gasteiger partial charge is 0.341 e. The number of benzene rings is 2. The maximum Gasteiger partial charge on any atom is 0.253 e. The Hall–Kier alpha value is -2.18. The van der Waals surface area contributed by atoms with Crippen LogP contribution >= 0.6 is 35.6 Å². The van der Waals surface area contributed by atoms with Crippen LogP contribution in [0.4, 0.5) is 4.39 Å². The van der Waals surface area contributed by atoms with E-state index in [1.165, 1.54) is 6.20 Å². The van der Waals surface area contributed by atoms with Crippen molar-refractivity contribution in [2.24, 2.45) is 0 Å². The van der Waals surface area contributed by atoms with Crippen LogP contribution in [0.15, 0.2) is 66.9 Å². The molecule has 36 heavy (non-hydrogen) atoms. The standard InChI is InChI=1S/C28H30Cl2FN3O.ClH/c1-33(28(35)21-6-3-2-4-7-21)19-23(22-9-10-25(29)26(30)18-22)13-17-34-15-11-20(12-16-34)24-8-5-14-32-27(24)31;/h2-10,14,18,20,23H,11-13,15-17,19H2,1H3;1H. The Morgan fingerprint density at radius 1 is 1.08 bits per heavy atom. The van der Waals surface area contributed by atoms with Gasteiger partial charge in [0.2, 0.25) is 5.95 Å². The van der Waals surface area contributed by atoms with Gasteiger partial charge in [-0.3, -0.25) is 4.79 Å². The Kier molecular flexibility index (Phi) is 10.6. The smallest absolute Gasteiger partial charge is 0.253 e. The van der Waals surface area contributed by atoms with Gasteiger partial charge < -0.3 is 9.80 Å². The van der Waals surface area contributed by atoms with E-state index in [-0.39, 0.29) is 36.1 Å². The van der Waals surface area contributed by atoms with Crippen molar-refractivity contribution in [3.05, 3.63) is 99.5 Å². The van der Waals surface area contributed by atoms with E-state index in [4.69, 9.17) is 23.2 Å². The van der Waals surface area contributed by atoms with Crippen molar-refractivity contribution in [2.75, 3.05) is 33.2 Å². The fraction of sp³-hybridized carbons (Fsp3) is 0.357. The highest BCUT2D eigenvalue weighted by atomic mass is 35.5. The number of pyridine rings is 1. The van der Waals surface area contributed by atoms with Gasteiger partial charge in [0.15, 0.2) is 0 Å². The van der Waals surface area contributed by atoms with Gasteiger partial charge in [-0.2, -0.15) is 4.39 Å². The summed E-state index contributed by atoms with van der Waals surface area (Å²) in [4.78, 5) is 21.0. The lowest BCUT2D eigenvalue weighted by molar-refractivity contribution is 0.0781. The number of carbonyl (C=O) groups is 1. The van der Waals surface area contributed by atoms with E-state index in [1.54, 1.807) is 11.0 Å². The monoisotopic (exact) mass is 549 g/mol. The summed E-state index contributed by atoms with van der Waals surface area (Å²) in [6.07, 6.45) is 4.19. The fourth-order valence-electron chi connectivity index (χ4n) is 4.85. The van der Waals surface area contributed by atoms with E-state index in [2.05, 4.69) is 9.88 Å². The highest BCUT2D eigenvalue weighted by molar-refractivity contribution is 6.42. The molecule has 1 amide bonds. The molecule has 1 saturated heterocycles. The summed E-state index contributed by atoms with van der Waals surface area (Å²) in [5.41, 5.74) is 2.47. The number of rotatable bonds is 8. The summed E-state index contributed by atoms with van der Waals surface area (Å²) < 4.78 is 14.1. The zero-order valence-electron chi connectivity index (χ0n) is 20.2. The topological polar surface area (TPSA) is 36.4 Å². The number of piperidine rings is 1. The second kappa shape index (κ2) is 13.4. The molecule has 1 atom stereocenters. The van der Waals surface area contributed by atoms with Crippen LogP contribution in [0.25, 0.3) is 0 Å². The number of hydrogen-bond donors (Lipinski definition) is 0. The lowest BCUT2D eigenvalue weighted by atomic mass is 9.89. The van der Waals surface area contributed by atoms with Crippen molar-refractivity contribution in [2.45, 2.75) is 31.1 Å². The molecular formula is C28H31Cl3FN3O. The fourth-order valence-corrected chi connectivity index (χ4v) is 5.16. The molecule has 4 nitrogen and oxygen atoms in total. The van der Waals surface area contributed by atoms with Gasteiger partial charge in [-0.05, 0) is 80.7 Å². The molecule has 1 aliphatic heterocycles. The van der Waals surface area contributed by atoms with Crippen molar-refractivity contribution < 1.29 is 9.18 Å². The van der Waals surface area contributed by atoms with Crippen LogP contribution in [0.5, 0.6) is 0 Å². The molecule has 3 aromatic rings. The second-order valence-corrected chi connectivity index (χ2v) is 10.0. The normalized spacial score (nSPS) is 15.2. The predicted molar refractivity (Wildman–Crippen MR) is 147 cm³/mol. The van der Waals surface area contributed by atoms with Gasteiger partial charge in [-0.1, -0.05) is 53.5 Å². The molecule has 1 aliphatic rings. The number of carbonyl (C=O) groups excluding carboxylic acids is 1. The van der Waals surface area contributed by atoms with Gasteiger partial charge in [0.25, 0.3) is 5.91 Å². The van der Waals surface area contributed by atoms with E-state index in [0.717, 1.165) is 50.0 Å². The van der Waals surface area contributed by atoms with Gasteiger partial charge >= 0.3 is 0 Å². The maximum absolute atomic E-state index is 14.1. The van der Waals surface area contributed by atoms with E-state index in [1.807, 2.05) is 61.6 Å². The van der Waals surface area contributed by atoms with Crippen LogP contribution in [0.1, 0.15) is 52.6 Å². The summed E-state index contributed by atoms with van der Waals surface area (Å²) in [5, 5.41) is 1.04. The van der Waals surface area contributed by atoms with Gasteiger partial charge in [0.1, 0.15) is 0 Å². The summed E-state index contributed by atoms with van der Waals surface area (Å²) in [5.74, 6) is -0.0388. The molecule has 1 aromatic heterocycles. The Balaban J connectivity index is 0.00000361. The van der Waals surface area contributed by atoms with Crippen LogP contribution in [0, 0.1) is 5.95 Å². The van der Waals surface area contributed by atoms with Crippen LogP contribution in [-0.2, 0) is 0 Å². The van der Waals surface area contributed by atoms with Gasteiger partial charge in [-0.25, -0.2) is 4.98 Å². The minimum absolute atomic E-state index is 0. The quantitative estimate of drug-likeness (QED) is 0.281. The number of likely N-dealkylation sites (N-methyl/N-ethyl adjacent to an activating group) is 1. The first-order valence-electron chi connectivity index (χ1n) is 12.0. The lowest BCUT2D eigenvalue weighted by Crippen LogP contribution is -2.36. The molecule has 0 radical (unpaired) electrons. The molecule has 0 bridgehead atoms. The molecule has 2 heterocycles. The minimum atomic E-state index is -0.350. The molecule has 4 rings (SSSR count). The molecule has 0 saturated carbocycles. The number of nitrogens with zero attached hydrogens (tertiary/aromatic N) is 3. The van der Waals surface area contributed by atoms with Crippen molar-refractivity contribution in [1.82, 2.24) is 14.8 Å². The summed E-state index contributed by atoms with van der Waals surface area (Å²) in [6.45, 7) is 3.28. The van der Waals surface area contributed by atoms with Crippen LogP contribution in [0.2, 0.25) is 10.0 Å². The van der Waals surface area contributed by atoms with E-state index < -0.39 is 0 Å². The Bertz CT molecular complexity index is 1140. The SMILES string of the molecule is CN(CC(CCN1CCC(c2cccnc2F)CC1)c1ccc(Cl)c(Cl)c1)C(=O)c1ccccc1.Cl. The number of halogens is 4. The van der Waals surface area contributed by atoms with Gasteiger partial charge in [-0.15, -0.1) is 12.4 Å². The first-order valence-corrected chi connectivity index (χ1v) is 12.8. The lowest BCUT2D eigenvalue weighted by Gasteiger charge is -2.33. The third-order valence-electron chi connectivity index (χ3n) is 6.89. The zero-order valence-corrected chi connectivity index (χ0v) is 22.6. The molecule has 0 N–H and O–H groups in total. The zero-order chi connectivity index (χ0) is 24.8. The number of hydrogen-bond acceptors (Lipinski definition) is 3.